The molecule has 0 saturated carbocycles. The quantitative estimate of drug-likeness (QED) is 0.288. The van der Waals surface area contributed by atoms with Crippen LogP contribution in [0.1, 0.15) is 16.1 Å². The molecule has 3 aromatic rings. The van der Waals surface area contributed by atoms with Crippen molar-refractivity contribution in [3.05, 3.63) is 73.4 Å². The summed E-state index contributed by atoms with van der Waals surface area (Å²) in [6.45, 7) is -0.121. The van der Waals surface area contributed by atoms with Gasteiger partial charge in [-0.25, -0.2) is 9.78 Å². The third-order valence-electron chi connectivity index (χ3n) is 3.67. The van der Waals surface area contributed by atoms with Crippen molar-refractivity contribution in [2.24, 2.45) is 0 Å². The summed E-state index contributed by atoms with van der Waals surface area (Å²) in [7, 11) is 1.56. The minimum absolute atomic E-state index is 0.118. The average Bonchev–Trinajstić information content (AvgIpc) is 3.14. The van der Waals surface area contributed by atoms with E-state index < -0.39 is 22.4 Å². The SMILES string of the molecule is COc1ccc(Br)cc1-c1nc(COC(=O)c2ccc([N+](=O)[O-])c(F)c2)cs1. The molecule has 0 spiro atoms. The van der Waals surface area contributed by atoms with Crippen molar-refractivity contribution in [2.45, 2.75) is 6.61 Å². The molecule has 0 fully saturated rings. The smallest absolute Gasteiger partial charge is 0.338 e. The van der Waals surface area contributed by atoms with Gasteiger partial charge in [-0.3, -0.25) is 10.1 Å². The Balaban J connectivity index is 1.71. The third kappa shape index (κ3) is 4.34. The minimum atomic E-state index is -1.10. The highest BCUT2D eigenvalue weighted by Crippen LogP contribution is 2.34. The van der Waals surface area contributed by atoms with Crippen molar-refractivity contribution in [1.82, 2.24) is 4.98 Å². The van der Waals surface area contributed by atoms with Crippen LogP contribution in [0, 0.1) is 15.9 Å². The number of esters is 1. The van der Waals surface area contributed by atoms with E-state index in [0.717, 1.165) is 28.2 Å². The molecule has 0 saturated heterocycles. The first-order valence-corrected chi connectivity index (χ1v) is 9.45. The molecule has 0 amide bonds. The number of benzene rings is 2. The van der Waals surface area contributed by atoms with Crippen LogP contribution < -0.4 is 4.74 Å². The van der Waals surface area contributed by atoms with Crippen LogP contribution in [0.15, 0.2) is 46.3 Å². The van der Waals surface area contributed by atoms with Crippen LogP contribution >= 0.6 is 27.3 Å². The van der Waals surface area contributed by atoms with Gasteiger partial charge in [-0.05, 0) is 30.3 Å². The Morgan fingerprint density at radius 2 is 2.11 bits per heavy atom. The Kier molecular flexibility index (Phi) is 6.00. The third-order valence-corrected chi connectivity index (χ3v) is 5.09. The maximum Gasteiger partial charge on any atom is 0.338 e. The number of nitrogens with zero attached hydrogens (tertiary/aromatic N) is 2. The molecule has 0 radical (unpaired) electrons. The fourth-order valence-electron chi connectivity index (χ4n) is 2.35. The van der Waals surface area contributed by atoms with Gasteiger partial charge in [-0.2, -0.15) is 4.39 Å². The van der Waals surface area contributed by atoms with Crippen molar-refractivity contribution in [1.29, 1.82) is 0 Å². The van der Waals surface area contributed by atoms with Gasteiger partial charge in [0.1, 0.15) is 17.4 Å². The molecule has 0 aliphatic rings. The summed E-state index contributed by atoms with van der Waals surface area (Å²) in [4.78, 5) is 26.3. The number of nitro groups is 1. The standard InChI is InChI=1S/C18H12BrFN2O5S/c1-26-16-5-3-11(19)7-13(16)17-21-12(9-28-17)8-27-18(23)10-2-4-15(22(24)25)14(20)6-10/h2-7,9H,8H2,1H3. The lowest BCUT2D eigenvalue weighted by Crippen LogP contribution is -2.06. The Morgan fingerprint density at radius 1 is 1.32 bits per heavy atom. The number of nitro benzene ring substituents is 1. The van der Waals surface area contributed by atoms with Gasteiger partial charge in [0.2, 0.25) is 5.82 Å². The number of hydrogen-bond donors (Lipinski definition) is 0. The van der Waals surface area contributed by atoms with Gasteiger partial charge in [-0.15, -0.1) is 11.3 Å². The van der Waals surface area contributed by atoms with Crippen LogP contribution in [0.2, 0.25) is 0 Å². The molecule has 0 atom stereocenters. The Bertz CT molecular complexity index is 1060. The van der Waals surface area contributed by atoms with E-state index in [1.54, 1.807) is 12.5 Å². The number of rotatable bonds is 6. The first-order valence-electron chi connectivity index (χ1n) is 7.78. The van der Waals surface area contributed by atoms with Gasteiger partial charge in [-0.1, -0.05) is 15.9 Å². The summed E-state index contributed by atoms with van der Waals surface area (Å²) in [6, 6.07) is 8.37. The molecule has 28 heavy (non-hydrogen) atoms. The van der Waals surface area contributed by atoms with Crippen LogP contribution in [-0.2, 0) is 11.3 Å². The molecule has 7 nitrogen and oxygen atoms in total. The van der Waals surface area contributed by atoms with Crippen molar-refractivity contribution in [3.8, 4) is 16.3 Å². The summed E-state index contributed by atoms with van der Waals surface area (Å²) in [5.74, 6) is -1.25. The van der Waals surface area contributed by atoms with Crippen LogP contribution in [0.5, 0.6) is 5.75 Å². The number of carbonyl (C=O) groups excluding carboxylic acids is 1. The van der Waals surface area contributed by atoms with Gasteiger partial charge >= 0.3 is 11.7 Å². The molecule has 1 aromatic heterocycles. The number of thiazole rings is 1. The lowest BCUT2D eigenvalue weighted by atomic mass is 10.2. The molecule has 0 aliphatic carbocycles. The predicted molar refractivity (Wildman–Crippen MR) is 104 cm³/mol. The highest BCUT2D eigenvalue weighted by molar-refractivity contribution is 9.10. The highest BCUT2D eigenvalue weighted by atomic mass is 79.9. The minimum Gasteiger partial charge on any atom is -0.496 e. The number of carbonyl (C=O) groups is 1. The maximum atomic E-state index is 13.6. The van der Waals surface area contributed by atoms with Gasteiger partial charge in [0.05, 0.1) is 28.9 Å². The van der Waals surface area contributed by atoms with Crippen molar-refractivity contribution < 1.29 is 23.6 Å². The van der Waals surface area contributed by atoms with Gasteiger partial charge < -0.3 is 9.47 Å². The summed E-state index contributed by atoms with van der Waals surface area (Å²) in [6.07, 6.45) is 0. The van der Waals surface area contributed by atoms with Crippen molar-refractivity contribution in [3.63, 3.8) is 0 Å². The van der Waals surface area contributed by atoms with E-state index in [0.29, 0.717) is 16.5 Å². The predicted octanol–water partition coefficient (Wildman–Crippen LogP) is 4.99. The topological polar surface area (TPSA) is 91.6 Å². The van der Waals surface area contributed by atoms with Crippen molar-refractivity contribution in [2.75, 3.05) is 7.11 Å². The summed E-state index contributed by atoms with van der Waals surface area (Å²) in [5, 5.41) is 13.1. The van der Waals surface area contributed by atoms with Crippen LogP contribution in [0.4, 0.5) is 10.1 Å². The number of methoxy groups -OCH3 is 1. The highest BCUT2D eigenvalue weighted by Gasteiger charge is 2.18. The fraction of sp³-hybridized carbons (Fsp3) is 0.111. The van der Waals surface area contributed by atoms with E-state index in [9.17, 15) is 19.3 Å². The summed E-state index contributed by atoms with van der Waals surface area (Å²) >= 11 is 4.76. The zero-order chi connectivity index (χ0) is 20.3. The van der Waals surface area contributed by atoms with Crippen LogP contribution in [0.3, 0.4) is 0 Å². The molecule has 0 unspecified atom stereocenters. The largest absolute Gasteiger partial charge is 0.496 e. The number of aromatic nitrogens is 1. The van der Waals surface area contributed by atoms with Gasteiger partial charge in [0, 0.05) is 15.9 Å². The first-order chi connectivity index (χ1) is 13.4. The van der Waals surface area contributed by atoms with Gasteiger partial charge in [0.25, 0.3) is 0 Å². The zero-order valence-electron chi connectivity index (χ0n) is 14.3. The second-order valence-electron chi connectivity index (χ2n) is 5.49. The molecule has 0 N–H and O–H groups in total. The lowest BCUT2D eigenvalue weighted by Gasteiger charge is -2.06. The van der Waals surface area contributed by atoms with Gasteiger partial charge in [0.15, 0.2) is 0 Å². The Hall–Kier alpha value is -2.85. The molecule has 0 bridgehead atoms. The number of hydrogen-bond acceptors (Lipinski definition) is 7. The molecule has 3 rings (SSSR count). The van der Waals surface area contributed by atoms with E-state index in [1.807, 2.05) is 18.2 Å². The monoisotopic (exact) mass is 466 g/mol. The number of ether oxygens (including phenoxy) is 2. The Labute approximate surface area is 171 Å². The zero-order valence-corrected chi connectivity index (χ0v) is 16.8. The second kappa shape index (κ2) is 8.44. The maximum absolute atomic E-state index is 13.6. The van der Waals surface area contributed by atoms with Crippen LogP contribution in [0.25, 0.3) is 10.6 Å². The first kappa shape index (κ1) is 19.9. The normalized spacial score (nSPS) is 10.5. The average molecular weight is 467 g/mol. The summed E-state index contributed by atoms with van der Waals surface area (Å²) < 4.78 is 25.0. The molecule has 10 heteroatoms. The molecule has 144 valence electrons. The number of halogens is 2. The fourth-order valence-corrected chi connectivity index (χ4v) is 3.54. The van der Waals surface area contributed by atoms with E-state index in [-0.39, 0.29) is 12.2 Å². The van der Waals surface area contributed by atoms with E-state index in [2.05, 4.69) is 20.9 Å². The van der Waals surface area contributed by atoms with E-state index >= 15 is 0 Å². The van der Waals surface area contributed by atoms with E-state index in [4.69, 9.17) is 9.47 Å². The molecular weight excluding hydrogens is 455 g/mol. The Morgan fingerprint density at radius 3 is 2.79 bits per heavy atom. The second-order valence-corrected chi connectivity index (χ2v) is 7.26. The lowest BCUT2D eigenvalue weighted by molar-refractivity contribution is -0.387. The van der Waals surface area contributed by atoms with Crippen LogP contribution in [-0.4, -0.2) is 23.0 Å². The molecule has 1 heterocycles. The van der Waals surface area contributed by atoms with Crippen molar-refractivity contribution >= 4 is 38.9 Å². The summed E-state index contributed by atoms with van der Waals surface area (Å²) in [5.41, 5.74) is 0.477. The van der Waals surface area contributed by atoms with E-state index in [1.165, 1.54) is 11.3 Å². The molecule has 0 aliphatic heterocycles. The molecule has 2 aromatic carbocycles. The molecular formula is C18H12BrFN2O5S.